The van der Waals surface area contributed by atoms with E-state index in [4.69, 9.17) is 9.47 Å². The van der Waals surface area contributed by atoms with Crippen molar-refractivity contribution in [3.63, 3.8) is 0 Å². The van der Waals surface area contributed by atoms with Gasteiger partial charge in [-0.25, -0.2) is 0 Å². The van der Waals surface area contributed by atoms with Crippen molar-refractivity contribution >= 4 is 5.91 Å². The zero-order valence-electron chi connectivity index (χ0n) is 14.7. The Morgan fingerprint density at radius 3 is 2.67 bits per heavy atom. The van der Waals surface area contributed by atoms with Gasteiger partial charge in [0.2, 0.25) is 5.91 Å². The van der Waals surface area contributed by atoms with Crippen LogP contribution in [-0.2, 0) is 20.8 Å². The largest absolute Gasteiger partial charge is 0.375 e. The van der Waals surface area contributed by atoms with Gasteiger partial charge in [0.15, 0.2) is 0 Å². The number of amides is 1. The van der Waals surface area contributed by atoms with Crippen LogP contribution >= 0.6 is 0 Å². The summed E-state index contributed by atoms with van der Waals surface area (Å²) in [4.78, 5) is 16.4. The molecule has 1 amide bonds. The van der Waals surface area contributed by atoms with Crippen LogP contribution in [0.2, 0.25) is 0 Å². The number of carbonyl (C=O) groups is 1. The molecule has 0 radical (unpaired) electrons. The Morgan fingerprint density at radius 2 is 2.00 bits per heavy atom. The van der Waals surface area contributed by atoms with Crippen LogP contribution in [0.1, 0.15) is 25.3 Å². The van der Waals surface area contributed by atoms with E-state index >= 15 is 0 Å². The van der Waals surface area contributed by atoms with Gasteiger partial charge in [-0.2, -0.15) is 0 Å². The molecule has 1 aromatic rings. The van der Waals surface area contributed by atoms with E-state index in [1.807, 2.05) is 4.90 Å². The summed E-state index contributed by atoms with van der Waals surface area (Å²) in [5.74, 6) is 0.0809. The van der Waals surface area contributed by atoms with Gasteiger partial charge in [-0.15, -0.1) is 0 Å². The van der Waals surface area contributed by atoms with Gasteiger partial charge in [-0.05, 0) is 25.3 Å². The first-order chi connectivity index (χ1) is 11.6. The molecule has 5 heteroatoms. The number of morpholine rings is 1. The molecule has 0 N–H and O–H groups in total. The summed E-state index contributed by atoms with van der Waals surface area (Å²) in [7, 11) is 1.57. The Balaban J connectivity index is 1.60. The van der Waals surface area contributed by atoms with Crippen LogP contribution in [0.15, 0.2) is 30.3 Å². The Labute approximate surface area is 144 Å². The van der Waals surface area contributed by atoms with Crippen LogP contribution < -0.4 is 0 Å². The molecule has 24 heavy (non-hydrogen) atoms. The van der Waals surface area contributed by atoms with Gasteiger partial charge < -0.3 is 14.4 Å². The highest BCUT2D eigenvalue weighted by Gasteiger charge is 2.42. The maximum Gasteiger partial charge on any atom is 0.248 e. The van der Waals surface area contributed by atoms with E-state index in [2.05, 4.69) is 42.2 Å². The van der Waals surface area contributed by atoms with Crippen LogP contribution in [0.25, 0.3) is 0 Å². The first-order valence-electron chi connectivity index (χ1n) is 8.81. The van der Waals surface area contributed by atoms with E-state index in [0.717, 1.165) is 45.6 Å². The predicted octanol–water partition coefficient (Wildman–Crippen LogP) is 1.91. The van der Waals surface area contributed by atoms with Gasteiger partial charge in [0.05, 0.1) is 11.7 Å². The van der Waals surface area contributed by atoms with Crippen molar-refractivity contribution in [1.82, 2.24) is 9.80 Å². The number of rotatable bonds is 4. The fourth-order valence-corrected chi connectivity index (χ4v) is 3.95. The van der Waals surface area contributed by atoms with E-state index in [0.29, 0.717) is 0 Å². The summed E-state index contributed by atoms with van der Waals surface area (Å²) in [6.45, 7) is 6.71. The third kappa shape index (κ3) is 4.15. The highest BCUT2D eigenvalue weighted by molar-refractivity contribution is 5.77. The lowest BCUT2D eigenvalue weighted by molar-refractivity contribution is -0.175. The van der Waals surface area contributed by atoms with Crippen molar-refractivity contribution < 1.29 is 14.3 Å². The first-order valence-corrected chi connectivity index (χ1v) is 8.81. The summed E-state index contributed by atoms with van der Waals surface area (Å²) in [6.07, 6.45) is 2.03. The molecule has 1 spiro atoms. The maximum absolute atomic E-state index is 12.0. The van der Waals surface area contributed by atoms with E-state index in [9.17, 15) is 4.79 Å². The second-order valence-electron chi connectivity index (χ2n) is 7.08. The van der Waals surface area contributed by atoms with E-state index in [1.165, 1.54) is 5.56 Å². The molecule has 1 unspecified atom stereocenters. The van der Waals surface area contributed by atoms with Gasteiger partial charge in [0.25, 0.3) is 0 Å². The van der Waals surface area contributed by atoms with Crippen molar-refractivity contribution in [3.05, 3.63) is 35.9 Å². The summed E-state index contributed by atoms with van der Waals surface area (Å²) < 4.78 is 11.3. The Morgan fingerprint density at radius 1 is 1.29 bits per heavy atom. The lowest BCUT2D eigenvalue weighted by Crippen LogP contribution is -2.59. The normalized spacial score (nSPS) is 24.2. The van der Waals surface area contributed by atoms with Crippen molar-refractivity contribution in [2.45, 2.75) is 38.0 Å². The number of carbonyl (C=O) groups excluding carboxylic acids is 1. The van der Waals surface area contributed by atoms with Crippen LogP contribution in [0.4, 0.5) is 0 Å². The van der Waals surface area contributed by atoms with Crippen LogP contribution in [-0.4, -0.2) is 67.3 Å². The molecule has 2 heterocycles. The smallest absolute Gasteiger partial charge is 0.248 e. The van der Waals surface area contributed by atoms with Gasteiger partial charge in [0.1, 0.15) is 6.61 Å². The molecule has 1 atom stereocenters. The summed E-state index contributed by atoms with van der Waals surface area (Å²) in [5.41, 5.74) is 1.23. The predicted molar refractivity (Wildman–Crippen MR) is 92.7 cm³/mol. The second kappa shape index (κ2) is 7.64. The fraction of sp³-hybridized carbons (Fsp3) is 0.632. The molecular formula is C19H28N2O3. The standard InChI is InChI=1S/C19H28N2O3/c1-16-12-20(13-17-6-4-3-5-7-17)15-19(24-16)8-10-21(11-9-19)18(22)14-23-2/h3-7,16H,8-15H2,1-2H3. The molecule has 0 bridgehead atoms. The van der Waals surface area contributed by atoms with Gasteiger partial charge in [-0.1, -0.05) is 30.3 Å². The minimum absolute atomic E-state index is 0.0809. The number of nitrogens with zero attached hydrogens (tertiary/aromatic N) is 2. The molecule has 2 saturated heterocycles. The van der Waals surface area contributed by atoms with Crippen molar-refractivity contribution in [3.8, 4) is 0 Å². The summed E-state index contributed by atoms with van der Waals surface area (Å²) >= 11 is 0. The number of ether oxygens (including phenoxy) is 2. The zero-order valence-corrected chi connectivity index (χ0v) is 14.7. The fourth-order valence-electron chi connectivity index (χ4n) is 3.95. The van der Waals surface area contributed by atoms with Crippen molar-refractivity contribution in [2.75, 3.05) is 39.9 Å². The van der Waals surface area contributed by atoms with Crippen molar-refractivity contribution in [2.24, 2.45) is 0 Å². The van der Waals surface area contributed by atoms with E-state index in [1.54, 1.807) is 7.11 Å². The number of likely N-dealkylation sites (tertiary alicyclic amines) is 1. The van der Waals surface area contributed by atoms with E-state index in [-0.39, 0.29) is 24.2 Å². The molecule has 132 valence electrons. The van der Waals surface area contributed by atoms with Crippen molar-refractivity contribution in [1.29, 1.82) is 0 Å². The Kier molecular flexibility index (Phi) is 5.54. The minimum atomic E-state index is -0.115. The number of hydrogen-bond acceptors (Lipinski definition) is 4. The Bertz CT molecular complexity index is 541. The topological polar surface area (TPSA) is 42.0 Å². The lowest BCUT2D eigenvalue weighted by Gasteiger charge is -2.49. The molecular weight excluding hydrogens is 304 g/mol. The maximum atomic E-state index is 12.0. The number of benzene rings is 1. The zero-order chi connectivity index (χ0) is 17.0. The molecule has 2 aliphatic heterocycles. The lowest BCUT2D eigenvalue weighted by atomic mass is 9.88. The average molecular weight is 332 g/mol. The summed E-state index contributed by atoms with van der Waals surface area (Å²) in [6, 6.07) is 10.6. The van der Waals surface area contributed by atoms with Gasteiger partial charge in [-0.3, -0.25) is 9.69 Å². The molecule has 2 aliphatic rings. The highest BCUT2D eigenvalue weighted by atomic mass is 16.5. The molecule has 5 nitrogen and oxygen atoms in total. The quantitative estimate of drug-likeness (QED) is 0.845. The molecule has 0 saturated carbocycles. The number of piperidine rings is 1. The van der Waals surface area contributed by atoms with E-state index < -0.39 is 0 Å². The monoisotopic (exact) mass is 332 g/mol. The highest BCUT2D eigenvalue weighted by Crippen LogP contribution is 2.33. The second-order valence-corrected chi connectivity index (χ2v) is 7.08. The first kappa shape index (κ1) is 17.4. The molecule has 0 aliphatic carbocycles. The Hall–Kier alpha value is -1.43. The summed E-state index contributed by atoms with van der Waals surface area (Å²) in [5, 5.41) is 0. The SMILES string of the molecule is COCC(=O)N1CCC2(CC1)CN(Cc1ccccc1)CC(C)O2. The molecule has 2 fully saturated rings. The molecule has 0 aromatic heterocycles. The van der Waals surface area contributed by atoms with Crippen LogP contribution in [0.5, 0.6) is 0 Å². The van der Waals surface area contributed by atoms with Gasteiger partial charge in [0, 0.05) is 39.8 Å². The number of hydrogen-bond donors (Lipinski definition) is 0. The third-order valence-electron chi connectivity index (χ3n) is 5.02. The average Bonchev–Trinajstić information content (AvgIpc) is 2.56. The number of methoxy groups -OCH3 is 1. The van der Waals surface area contributed by atoms with Crippen LogP contribution in [0, 0.1) is 0 Å². The minimum Gasteiger partial charge on any atom is -0.375 e. The van der Waals surface area contributed by atoms with Crippen LogP contribution in [0.3, 0.4) is 0 Å². The van der Waals surface area contributed by atoms with Gasteiger partial charge >= 0.3 is 0 Å². The molecule has 3 rings (SSSR count). The molecule has 1 aromatic carbocycles. The third-order valence-corrected chi connectivity index (χ3v) is 5.02.